The molecule has 0 N–H and O–H groups in total. The van der Waals surface area contributed by atoms with Gasteiger partial charge in [-0.25, -0.2) is 4.98 Å². The number of amides is 1. The lowest BCUT2D eigenvalue weighted by Crippen LogP contribution is -2.38. The Morgan fingerprint density at radius 3 is 2.91 bits per heavy atom. The summed E-state index contributed by atoms with van der Waals surface area (Å²) in [6.45, 7) is 9.10. The molecule has 0 atom stereocenters. The van der Waals surface area contributed by atoms with E-state index in [2.05, 4.69) is 28.5 Å². The molecule has 1 aliphatic heterocycles. The Balaban J connectivity index is 1.76. The van der Waals surface area contributed by atoms with Gasteiger partial charge in [-0.05, 0) is 20.3 Å². The van der Waals surface area contributed by atoms with Crippen LogP contribution in [0.3, 0.4) is 0 Å². The zero-order valence-electron chi connectivity index (χ0n) is 13.5. The van der Waals surface area contributed by atoms with E-state index in [9.17, 15) is 4.79 Å². The standard InChI is InChI=1S/C16H23N5O/c1-4-5-6-20-10-14(13(3)18-20)16(22)19-7-8-21-12(2)9-17-15(21)11-19/h9-10H,4-8,11H2,1-3H3. The van der Waals surface area contributed by atoms with E-state index in [4.69, 9.17) is 0 Å². The lowest BCUT2D eigenvalue weighted by molar-refractivity contribution is 0.0706. The number of aromatic nitrogens is 4. The molecule has 0 fully saturated rings. The van der Waals surface area contributed by atoms with Crippen LogP contribution in [-0.2, 0) is 19.6 Å². The number of fused-ring (bicyclic) bond motifs is 1. The van der Waals surface area contributed by atoms with Gasteiger partial charge in [0.15, 0.2) is 0 Å². The topological polar surface area (TPSA) is 56.0 Å². The number of hydrogen-bond acceptors (Lipinski definition) is 3. The summed E-state index contributed by atoms with van der Waals surface area (Å²) in [5.74, 6) is 1.03. The molecule has 1 amide bonds. The number of carbonyl (C=O) groups is 1. The number of hydrogen-bond donors (Lipinski definition) is 0. The Kier molecular flexibility index (Phi) is 4.00. The Hall–Kier alpha value is -2.11. The first-order valence-corrected chi connectivity index (χ1v) is 7.94. The minimum Gasteiger partial charge on any atom is -0.329 e. The van der Waals surface area contributed by atoms with E-state index < -0.39 is 0 Å². The first kappa shape index (κ1) is 14.8. The van der Waals surface area contributed by atoms with Crippen LogP contribution in [0.5, 0.6) is 0 Å². The normalized spacial score (nSPS) is 14.2. The molecule has 118 valence electrons. The molecule has 6 nitrogen and oxygen atoms in total. The summed E-state index contributed by atoms with van der Waals surface area (Å²) in [5, 5.41) is 4.46. The van der Waals surface area contributed by atoms with Gasteiger partial charge < -0.3 is 9.47 Å². The van der Waals surface area contributed by atoms with E-state index in [1.165, 1.54) is 0 Å². The van der Waals surface area contributed by atoms with Crippen LogP contribution in [0.15, 0.2) is 12.4 Å². The molecule has 3 heterocycles. The van der Waals surface area contributed by atoms with Crippen LogP contribution in [-0.4, -0.2) is 36.7 Å². The number of unbranched alkanes of at least 4 members (excludes halogenated alkanes) is 1. The van der Waals surface area contributed by atoms with Gasteiger partial charge in [-0.3, -0.25) is 9.48 Å². The summed E-state index contributed by atoms with van der Waals surface area (Å²) in [4.78, 5) is 19.0. The molecular weight excluding hydrogens is 278 g/mol. The van der Waals surface area contributed by atoms with Crippen LogP contribution in [0, 0.1) is 13.8 Å². The lowest BCUT2D eigenvalue weighted by Gasteiger charge is -2.28. The fourth-order valence-corrected chi connectivity index (χ4v) is 2.92. The molecule has 2 aromatic heterocycles. The van der Waals surface area contributed by atoms with Crippen molar-refractivity contribution in [3.8, 4) is 0 Å². The van der Waals surface area contributed by atoms with Gasteiger partial charge in [-0.2, -0.15) is 5.10 Å². The van der Waals surface area contributed by atoms with Gasteiger partial charge in [0.2, 0.25) is 0 Å². The molecule has 0 radical (unpaired) electrons. The van der Waals surface area contributed by atoms with Crippen molar-refractivity contribution in [2.24, 2.45) is 0 Å². The van der Waals surface area contributed by atoms with E-state index in [0.29, 0.717) is 12.1 Å². The molecular formula is C16H23N5O. The summed E-state index contributed by atoms with van der Waals surface area (Å²) < 4.78 is 4.07. The zero-order chi connectivity index (χ0) is 15.7. The van der Waals surface area contributed by atoms with E-state index in [1.54, 1.807) is 0 Å². The first-order valence-electron chi connectivity index (χ1n) is 7.94. The van der Waals surface area contributed by atoms with Crippen LogP contribution >= 0.6 is 0 Å². The maximum Gasteiger partial charge on any atom is 0.257 e. The van der Waals surface area contributed by atoms with Gasteiger partial charge in [-0.1, -0.05) is 13.3 Å². The van der Waals surface area contributed by atoms with Crippen molar-refractivity contribution in [3.63, 3.8) is 0 Å². The van der Waals surface area contributed by atoms with E-state index in [1.807, 2.05) is 28.9 Å². The van der Waals surface area contributed by atoms with Gasteiger partial charge in [0.25, 0.3) is 5.91 Å². The predicted molar refractivity (Wildman–Crippen MR) is 83.6 cm³/mol. The monoisotopic (exact) mass is 301 g/mol. The van der Waals surface area contributed by atoms with Crippen molar-refractivity contribution in [1.29, 1.82) is 0 Å². The highest BCUT2D eigenvalue weighted by Crippen LogP contribution is 2.17. The van der Waals surface area contributed by atoms with Crippen molar-refractivity contribution in [2.45, 2.75) is 53.2 Å². The molecule has 6 heteroatoms. The highest BCUT2D eigenvalue weighted by molar-refractivity contribution is 5.95. The second-order valence-corrected chi connectivity index (χ2v) is 5.94. The highest BCUT2D eigenvalue weighted by Gasteiger charge is 2.25. The van der Waals surface area contributed by atoms with Crippen molar-refractivity contribution in [1.82, 2.24) is 24.2 Å². The van der Waals surface area contributed by atoms with Gasteiger partial charge in [0.1, 0.15) is 5.82 Å². The van der Waals surface area contributed by atoms with Crippen molar-refractivity contribution in [2.75, 3.05) is 6.54 Å². The second kappa shape index (κ2) is 5.94. The SMILES string of the molecule is CCCCn1cc(C(=O)N2CCn3c(C)cnc3C2)c(C)n1. The number of aryl methyl sites for hydroxylation is 3. The maximum absolute atomic E-state index is 12.8. The maximum atomic E-state index is 12.8. The number of imidazole rings is 1. The van der Waals surface area contributed by atoms with Gasteiger partial charge >= 0.3 is 0 Å². The van der Waals surface area contributed by atoms with Gasteiger partial charge in [0, 0.05) is 37.7 Å². The molecule has 0 saturated heterocycles. The predicted octanol–water partition coefficient (Wildman–Crippen LogP) is 2.15. The van der Waals surface area contributed by atoms with Crippen molar-refractivity contribution in [3.05, 3.63) is 35.2 Å². The third kappa shape index (κ3) is 2.65. The Labute approximate surface area is 130 Å². The average molecular weight is 301 g/mol. The molecule has 2 aromatic rings. The fourth-order valence-electron chi connectivity index (χ4n) is 2.92. The highest BCUT2D eigenvalue weighted by atomic mass is 16.2. The summed E-state index contributed by atoms with van der Waals surface area (Å²) in [6.07, 6.45) is 5.96. The van der Waals surface area contributed by atoms with Crippen LogP contribution in [0.25, 0.3) is 0 Å². The van der Waals surface area contributed by atoms with Gasteiger partial charge in [-0.15, -0.1) is 0 Å². The molecule has 0 aliphatic carbocycles. The van der Waals surface area contributed by atoms with Crippen molar-refractivity contribution < 1.29 is 4.79 Å². The molecule has 0 spiro atoms. The summed E-state index contributed by atoms with van der Waals surface area (Å²) in [5.41, 5.74) is 2.68. The van der Waals surface area contributed by atoms with Crippen LogP contribution < -0.4 is 0 Å². The van der Waals surface area contributed by atoms with E-state index >= 15 is 0 Å². The summed E-state index contributed by atoms with van der Waals surface area (Å²) in [6, 6.07) is 0. The fraction of sp³-hybridized carbons (Fsp3) is 0.562. The molecule has 1 aliphatic rings. The second-order valence-electron chi connectivity index (χ2n) is 5.94. The molecule has 3 rings (SSSR count). The number of nitrogens with zero attached hydrogens (tertiary/aromatic N) is 5. The zero-order valence-corrected chi connectivity index (χ0v) is 13.5. The molecule has 0 saturated carbocycles. The third-order valence-electron chi connectivity index (χ3n) is 4.27. The molecule has 0 bridgehead atoms. The van der Waals surface area contributed by atoms with Crippen molar-refractivity contribution >= 4 is 5.91 Å². The van der Waals surface area contributed by atoms with Crippen LogP contribution in [0.2, 0.25) is 0 Å². The lowest BCUT2D eigenvalue weighted by atomic mass is 10.2. The number of rotatable bonds is 4. The quantitative estimate of drug-likeness (QED) is 0.869. The molecule has 22 heavy (non-hydrogen) atoms. The Morgan fingerprint density at radius 2 is 2.14 bits per heavy atom. The Morgan fingerprint density at radius 1 is 1.32 bits per heavy atom. The minimum absolute atomic E-state index is 0.0622. The minimum atomic E-state index is 0.0622. The molecule has 0 unspecified atom stereocenters. The van der Waals surface area contributed by atoms with Gasteiger partial charge in [0.05, 0.1) is 17.8 Å². The molecule has 0 aromatic carbocycles. The van der Waals surface area contributed by atoms with E-state index in [0.717, 1.165) is 49.7 Å². The third-order valence-corrected chi connectivity index (χ3v) is 4.27. The largest absolute Gasteiger partial charge is 0.329 e. The Bertz CT molecular complexity index is 685. The average Bonchev–Trinajstić information content (AvgIpc) is 3.07. The summed E-state index contributed by atoms with van der Waals surface area (Å²) in [7, 11) is 0. The van der Waals surface area contributed by atoms with Crippen LogP contribution in [0.4, 0.5) is 0 Å². The number of carbonyl (C=O) groups excluding carboxylic acids is 1. The first-order chi connectivity index (χ1) is 10.6. The smallest absolute Gasteiger partial charge is 0.257 e. The summed E-state index contributed by atoms with van der Waals surface area (Å²) >= 11 is 0. The van der Waals surface area contributed by atoms with E-state index in [-0.39, 0.29) is 5.91 Å². The van der Waals surface area contributed by atoms with Crippen LogP contribution in [0.1, 0.15) is 47.3 Å².